The highest BCUT2D eigenvalue weighted by molar-refractivity contribution is 5.48. The molecule has 0 fully saturated rings. The molecule has 0 radical (unpaired) electrons. The highest BCUT2D eigenvalue weighted by atomic mass is 16.5. The Morgan fingerprint density at radius 3 is 2.48 bits per heavy atom. The van der Waals surface area contributed by atoms with Crippen LogP contribution < -0.4 is 14.8 Å². The molecule has 0 saturated carbocycles. The summed E-state index contributed by atoms with van der Waals surface area (Å²) in [5.41, 5.74) is 2.39. The minimum atomic E-state index is 0.667. The van der Waals surface area contributed by atoms with Gasteiger partial charge in [-0.25, -0.2) is 0 Å². The number of hydrogen-bond acceptors (Lipinski definition) is 3. The van der Waals surface area contributed by atoms with Gasteiger partial charge in [-0.05, 0) is 48.6 Å². The molecule has 1 N–H and O–H groups in total. The fourth-order valence-electron chi connectivity index (χ4n) is 2.25. The lowest BCUT2D eigenvalue weighted by Gasteiger charge is -2.11. The molecule has 0 unspecified atom stereocenters. The second-order valence-corrected chi connectivity index (χ2v) is 6.08. The van der Waals surface area contributed by atoms with Gasteiger partial charge in [-0.3, -0.25) is 0 Å². The van der Waals surface area contributed by atoms with Gasteiger partial charge in [0.2, 0.25) is 0 Å². The maximum absolute atomic E-state index is 5.79. The smallest absolute Gasteiger partial charge is 0.121 e. The maximum Gasteiger partial charge on any atom is 0.121 e. The number of methoxy groups -OCH3 is 1. The number of ether oxygens (including phenoxy) is 2. The summed E-state index contributed by atoms with van der Waals surface area (Å²) in [6, 6.07) is 16.4. The molecule has 0 saturated heterocycles. The van der Waals surface area contributed by atoms with Gasteiger partial charge in [0, 0.05) is 18.3 Å². The van der Waals surface area contributed by atoms with Gasteiger partial charge in [0.05, 0.1) is 13.7 Å². The van der Waals surface area contributed by atoms with E-state index in [1.807, 2.05) is 24.3 Å². The van der Waals surface area contributed by atoms with E-state index in [9.17, 15) is 0 Å². The van der Waals surface area contributed by atoms with Crippen LogP contribution in [0.25, 0.3) is 0 Å². The molecule has 2 aromatic carbocycles. The van der Waals surface area contributed by atoms with E-state index >= 15 is 0 Å². The average molecular weight is 313 g/mol. The topological polar surface area (TPSA) is 30.5 Å². The Balaban J connectivity index is 1.78. The van der Waals surface area contributed by atoms with Gasteiger partial charge < -0.3 is 14.8 Å². The number of rotatable bonds is 9. The van der Waals surface area contributed by atoms with E-state index in [0.29, 0.717) is 5.92 Å². The van der Waals surface area contributed by atoms with Gasteiger partial charge >= 0.3 is 0 Å². The van der Waals surface area contributed by atoms with Crippen LogP contribution in [0.15, 0.2) is 48.5 Å². The zero-order valence-corrected chi connectivity index (χ0v) is 14.3. The van der Waals surface area contributed by atoms with Crippen molar-refractivity contribution in [3.63, 3.8) is 0 Å². The SMILES string of the molecule is COc1ccc(CCNc2cccc(OCCC(C)C)c2)cc1. The summed E-state index contributed by atoms with van der Waals surface area (Å²) >= 11 is 0. The molecule has 0 aliphatic heterocycles. The quantitative estimate of drug-likeness (QED) is 0.723. The number of hydrogen-bond donors (Lipinski definition) is 1. The van der Waals surface area contributed by atoms with Gasteiger partial charge in [-0.2, -0.15) is 0 Å². The van der Waals surface area contributed by atoms with Crippen LogP contribution in [-0.2, 0) is 6.42 Å². The molecule has 0 spiro atoms. The molecule has 0 bridgehead atoms. The summed E-state index contributed by atoms with van der Waals surface area (Å²) in [6.07, 6.45) is 2.05. The zero-order valence-electron chi connectivity index (χ0n) is 14.3. The van der Waals surface area contributed by atoms with Crippen LogP contribution in [0.2, 0.25) is 0 Å². The second-order valence-electron chi connectivity index (χ2n) is 6.08. The van der Waals surface area contributed by atoms with E-state index in [-0.39, 0.29) is 0 Å². The number of anilines is 1. The molecule has 0 aliphatic rings. The minimum absolute atomic E-state index is 0.667. The molecule has 2 rings (SSSR count). The highest BCUT2D eigenvalue weighted by Gasteiger charge is 1.99. The fraction of sp³-hybridized carbons (Fsp3) is 0.400. The minimum Gasteiger partial charge on any atom is -0.497 e. The Morgan fingerprint density at radius 2 is 1.78 bits per heavy atom. The first kappa shape index (κ1) is 17.2. The van der Waals surface area contributed by atoms with Crippen molar-refractivity contribution in [2.45, 2.75) is 26.7 Å². The highest BCUT2D eigenvalue weighted by Crippen LogP contribution is 2.18. The van der Waals surface area contributed by atoms with Gasteiger partial charge in [-0.1, -0.05) is 32.0 Å². The third-order valence-corrected chi connectivity index (χ3v) is 3.70. The summed E-state index contributed by atoms with van der Waals surface area (Å²) in [7, 11) is 1.69. The molecule has 2 aromatic rings. The summed E-state index contributed by atoms with van der Waals surface area (Å²) in [5, 5.41) is 3.45. The van der Waals surface area contributed by atoms with Crippen molar-refractivity contribution >= 4 is 5.69 Å². The van der Waals surface area contributed by atoms with Crippen molar-refractivity contribution in [1.82, 2.24) is 0 Å². The zero-order chi connectivity index (χ0) is 16.5. The van der Waals surface area contributed by atoms with Crippen LogP contribution in [-0.4, -0.2) is 20.3 Å². The van der Waals surface area contributed by atoms with Crippen LogP contribution in [0.3, 0.4) is 0 Å². The molecule has 0 heterocycles. The van der Waals surface area contributed by atoms with E-state index in [0.717, 1.165) is 43.2 Å². The molecule has 0 amide bonds. The molecule has 3 heteroatoms. The summed E-state index contributed by atoms with van der Waals surface area (Å²) in [6.45, 7) is 6.08. The normalized spacial score (nSPS) is 10.6. The molecule has 0 atom stereocenters. The monoisotopic (exact) mass is 313 g/mol. The van der Waals surface area contributed by atoms with E-state index in [4.69, 9.17) is 9.47 Å². The second kappa shape index (κ2) is 9.09. The van der Waals surface area contributed by atoms with Gasteiger partial charge in [0.1, 0.15) is 11.5 Å². The number of nitrogens with one attached hydrogen (secondary N) is 1. The Morgan fingerprint density at radius 1 is 1.00 bits per heavy atom. The van der Waals surface area contributed by atoms with Gasteiger partial charge in [-0.15, -0.1) is 0 Å². The molecule has 0 aromatic heterocycles. The first-order valence-corrected chi connectivity index (χ1v) is 8.27. The van der Waals surface area contributed by atoms with Crippen LogP contribution in [0, 0.1) is 5.92 Å². The maximum atomic E-state index is 5.79. The van der Waals surface area contributed by atoms with Crippen molar-refractivity contribution in [2.75, 3.05) is 25.6 Å². The molecular formula is C20H27NO2. The largest absolute Gasteiger partial charge is 0.497 e. The predicted molar refractivity (Wildman–Crippen MR) is 96.6 cm³/mol. The average Bonchev–Trinajstić information content (AvgIpc) is 2.56. The Bertz CT molecular complexity index is 578. The lowest BCUT2D eigenvalue weighted by Crippen LogP contribution is -2.05. The third kappa shape index (κ3) is 6.23. The lowest BCUT2D eigenvalue weighted by molar-refractivity contribution is 0.289. The van der Waals surface area contributed by atoms with Crippen molar-refractivity contribution in [2.24, 2.45) is 5.92 Å². The van der Waals surface area contributed by atoms with Crippen molar-refractivity contribution in [3.8, 4) is 11.5 Å². The first-order valence-electron chi connectivity index (χ1n) is 8.27. The van der Waals surface area contributed by atoms with Crippen molar-refractivity contribution in [3.05, 3.63) is 54.1 Å². The molecule has 124 valence electrons. The first-order chi connectivity index (χ1) is 11.2. The predicted octanol–water partition coefficient (Wildman–Crippen LogP) is 4.77. The summed E-state index contributed by atoms with van der Waals surface area (Å²) < 4.78 is 11.0. The van der Waals surface area contributed by atoms with Crippen LogP contribution in [0.1, 0.15) is 25.8 Å². The van der Waals surface area contributed by atoms with Crippen molar-refractivity contribution < 1.29 is 9.47 Å². The Kier molecular flexibility index (Phi) is 6.79. The summed E-state index contributed by atoms with van der Waals surface area (Å²) in [4.78, 5) is 0. The van der Waals surface area contributed by atoms with E-state index in [1.54, 1.807) is 7.11 Å². The van der Waals surface area contributed by atoms with Crippen LogP contribution in [0.4, 0.5) is 5.69 Å². The number of benzene rings is 2. The lowest BCUT2D eigenvalue weighted by atomic mass is 10.1. The van der Waals surface area contributed by atoms with E-state index in [1.165, 1.54) is 5.56 Å². The third-order valence-electron chi connectivity index (χ3n) is 3.70. The van der Waals surface area contributed by atoms with E-state index in [2.05, 4.69) is 43.4 Å². The molecule has 23 heavy (non-hydrogen) atoms. The van der Waals surface area contributed by atoms with Crippen LogP contribution in [0.5, 0.6) is 11.5 Å². The van der Waals surface area contributed by atoms with Crippen LogP contribution >= 0.6 is 0 Å². The van der Waals surface area contributed by atoms with E-state index < -0.39 is 0 Å². The Labute approximate surface area is 139 Å². The Hall–Kier alpha value is -2.16. The summed E-state index contributed by atoms with van der Waals surface area (Å²) in [5.74, 6) is 2.49. The van der Waals surface area contributed by atoms with Crippen molar-refractivity contribution in [1.29, 1.82) is 0 Å². The van der Waals surface area contributed by atoms with Gasteiger partial charge in [0.15, 0.2) is 0 Å². The standard InChI is InChI=1S/C20H27NO2/c1-16(2)12-14-23-20-6-4-5-18(15-20)21-13-11-17-7-9-19(22-3)10-8-17/h4-10,15-16,21H,11-14H2,1-3H3. The van der Waals surface area contributed by atoms with Gasteiger partial charge in [0.25, 0.3) is 0 Å². The molecule has 0 aliphatic carbocycles. The fourth-order valence-corrected chi connectivity index (χ4v) is 2.25. The molecule has 3 nitrogen and oxygen atoms in total. The molecular weight excluding hydrogens is 286 g/mol.